The third kappa shape index (κ3) is 6.66. The third-order valence-electron chi connectivity index (χ3n) is 5.45. The van der Waals surface area contributed by atoms with E-state index < -0.39 is 23.3 Å². The Hall–Kier alpha value is -4.34. The monoisotopic (exact) mass is 504 g/mol. The molecule has 4 aromatic rings. The number of tetrazole rings is 1. The first-order chi connectivity index (χ1) is 17.6. The van der Waals surface area contributed by atoms with Gasteiger partial charge >= 0.3 is 0 Å². The average molecular weight is 505 g/mol. The van der Waals surface area contributed by atoms with E-state index in [4.69, 9.17) is 4.42 Å². The van der Waals surface area contributed by atoms with Gasteiger partial charge in [-0.15, -0.1) is 10.2 Å². The lowest BCUT2D eigenvalue weighted by atomic mass is 10.0. The SMILES string of the molecule is Cc1ccc(-c2nnn(CC(=O)N(Cc3ccccc3)[C@H](C(=O)NC(C)(C)C)c3ccc(F)cc3)n2)o1. The van der Waals surface area contributed by atoms with Crippen LogP contribution in [0.2, 0.25) is 0 Å². The van der Waals surface area contributed by atoms with Crippen LogP contribution in [-0.2, 0) is 22.7 Å². The summed E-state index contributed by atoms with van der Waals surface area (Å²) < 4.78 is 19.3. The molecule has 192 valence electrons. The predicted molar refractivity (Wildman–Crippen MR) is 134 cm³/mol. The van der Waals surface area contributed by atoms with Gasteiger partial charge in [-0.3, -0.25) is 9.59 Å². The van der Waals surface area contributed by atoms with Crippen molar-refractivity contribution in [3.8, 4) is 11.6 Å². The molecule has 0 radical (unpaired) electrons. The molecule has 0 fully saturated rings. The van der Waals surface area contributed by atoms with Gasteiger partial charge in [-0.1, -0.05) is 42.5 Å². The number of aromatic nitrogens is 4. The number of hydrogen-bond acceptors (Lipinski definition) is 6. The fourth-order valence-corrected chi connectivity index (χ4v) is 3.83. The minimum absolute atomic E-state index is 0.137. The van der Waals surface area contributed by atoms with E-state index in [9.17, 15) is 14.0 Å². The van der Waals surface area contributed by atoms with Crippen LogP contribution in [0, 0.1) is 12.7 Å². The van der Waals surface area contributed by atoms with Gasteiger partial charge in [-0.05, 0) is 68.3 Å². The summed E-state index contributed by atoms with van der Waals surface area (Å²) in [5.74, 6) is 0.140. The number of rotatable bonds is 8. The molecule has 0 bridgehead atoms. The molecule has 4 rings (SSSR count). The number of benzene rings is 2. The predicted octanol–water partition coefficient (Wildman–Crippen LogP) is 4.07. The topological polar surface area (TPSA) is 106 Å². The van der Waals surface area contributed by atoms with Gasteiger partial charge in [0.1, 0.15) is 24.2 Å². The molecule has 1 atom stereocenters. The van der Waals surface area contributed by atoms with Crippen LogP contribution in [0.1, 0.15) is 43.7 Å². The number of nitrogens with zero attached hydrogens (tertiary/aromatic N) is 5. The Morgan fingerprint density at radius 1 is 1.05 bits per heavy atom. The first kappa shape index (κ1) is 25.7. The Morgan fingerprint density at radius 3 is 2.38 bits per heavy atom. The molecule has 0 saturated heterocycles. The second kappa shape index (κ2) is 10.7. The molecule has 2 amide bonds. The summed E-state index contributed by atoms with van der Waals surface area (Å²) in [6.07, 6.45) is 0. The highest BCUT2D eigenvalue weighted by molar-refractivity contribution is 5.89. The highest BCUT2D eigenvalue weighted by atomic mass is 19.1. The van der Waals surface area contributed by atoms with Crippen molar-refractivity contribution in [2.24, 2.45) is 0 Å². The fraction of sp³-hybridized carbons (Fsp3) is 0.296. The van der Waals surface area contributed by atoms with E-state index >= 15 is 0 Å². The summed E-state index contributed by atoms with van der Waals surface area (Å²) >= 11 is 0. The van der Waals surface area contributed by atoms with Crippen LogP contribution in [0.25, 0.3) is 11.6 Å². The summed E-state index contributed by atoms with van der Waals surface area (Å²) in [5, 5.41) is 15.2. The smallest absolute Gasteiger partial charge is 0.247 e. The second-order valence-corrected chi connectivity index (χ2v) is 9.75. The maximum absolute atomic E-state index is 13.7. The molecule has 2 aromatic carbocycles. The molecule has 0 spiro atoms. The molecular weight excluding hydrogens is 475 g/mol. The van der Waals surface area contributed by atoms with Crippen LogP contribution in [-0.4, -0.2) is 42.5 Å². The Morgan fingerprint density at radius 2 is 1.76 bits per heavy atom. The van der Waals surface area contributed by atoms with Gasteiger partial charge in [0, 0.05) is 12.1 Å². The lowest BCUT2D eigenvalue weighted by molar-refractivity contribution is -0.143. The molecule has 2 aromatic heterocycles. The summed E-state index contributed by atoms with van der Waals surface area (Å²) in [7, 11) is 0. The van der Waals surface area contributed by atoms with Crippen LogP contribution in [0.4, 0.5) is 4.39 Å². The largest absolute Gasteiger partial charge is 0.458 e. The Bertz CT molecular complexity index is 1360. The normalized spacial score (nSPS) is 12.2. The molecule has 0 aliphatic heterocycles. The zero-order valence-electron chi connectivity index (χ0n) is 21.2. The zero-order chi connectivity index (χ0) is 26.6. The molecule has 0 aliphatic carbocycles. The number of halogens is 1. The second-order valence-electron chi connectivity index (χ2n) is 9.75. The highest BCUT2D eigenvalue weighted by Gasteiger charge is 2.34. The van der Waals surface area contributed by atoms with Gasteiger partial charge in [0.15, 0.2) is 5.76 Å². The van der Waals surface area contributed by atoms with Crippen LogP contribution in [0.3, 0.4) is 0 Å². The van der Waals surface area contributed by atoms with Crippen molar-refractivity contribution in [1.82, 2.24) is 30.4 Å². The van der Waals surface area contributed by atoms with E-state index in [1.54, 1.807) is 19.1 Å². The summed E-state index contributed by atoms with van der Waals surface area (Å²) in [6, 6.07) is 17.4. The zero-order valence-corrected chi connectivity index (χ0v) is 21.2. The first-order valence-corrected chi connectivity index (χ1v) is 11.8. The lowest BCUT2D eigenvalue weighted by Gasteiger charge is -2.33. The van der Waals surface area contributed by atoms with E-state index in [0.717, 1.165) is 10.4 Å². The van der Waals surface area contributed by atoms with Crippen LogP contribution >= 0.6 is 0 Å². The number of aryl methyl sites for hydroxylation is 1. The number of carbonyl (C=O) groups is 2. The summed E-state index contributed by atoms with van der Waals surface area (Å²) in [5.41, 5.74) is 0.746. The standard InChI is InChI=1S/C27H29FN6O3/c1-18-10-15-22(37-18)25-30-32-34(31-25)17-23(35)33(16-19-8-6-5-7-9-19)24(26(36)29-27(2,3)4)20-11-13-21(28)14-12-20/h5-15,24H,16-17H2,1-4H3,(H,29,36)/t24-/m0/s1. The molecule has 9 nitrogen and oxygen atoms in total. The van der Waals surface area contributed by atoms with Crippen molar-refractivity contribution >= 4 is 11.8 Å². The van der Waals surface area contributed by atoms with E-state index in [2.05, 4.69) is 20.7 Å². The summed E-state index contributed by atoms with van der Waals surface area (Å²) in [6.45, 7) is 7.24. The molecule has 1 N–H and O–H groups in total. The van der Waals surface area contributed by atoms with Crippen molar-refractivity contribution < 1.29 is 18.4 Å². The van der Waals surface area contributed by atoms with Crippen molar-refractivity contribution in [1.29, 1.82) is 0 Å². The quantitative estimate of drug-likeness (QED) is 0.388. The van der Waals surface area contributed by atoms with Gasteiger partial charge in [0.2, 0.25) is 17.6 Å². The molecule has 2 heterocycles. The van der Waals surface area contributed by atoms with Gasteiger partial charge in [-0.2, -0.15) is 4.80 Å². The molecule has 10 heteroatoms. The molecular formula is C27H29FN6O3. The Balaban J connectivity index is 1.69. The van der Waals surface area contributed by atoms with Crippen molar-refractivity contribution in [2.45, 2.75) is 52.4 Å². The number of nitrogens with one attached hydrogen (secondary N) is 1. The number of hydrogen-bond donors (Lipinski definition) is 1. The highest BCUT2D eigenvalue weighted by Crippen LogP contribution is 2.26. The van der Waals surface area contributed by atoms with Gasteiger partial charge in [-0.25, -0.2) is 4.39 Å². The number of carbonyl (C=O) groups excluding carboxylic acids is 2. The third-order valence-corrected chi connectivity index (χ3v) is 5.45. The van der Waals surface area contributed by atoms with Crippen molar-refractivity contribution in [3.63, 3.8) is 0 Å². The Kier molecular flexibility index (Phi) is 7.47. The minimum atomic E-state index is -1.02. The first-order valence-electron chi connectivity index (χ1n) is 11.8. The lowest BCUT2D eigenvalue weighted by Crippen LogP contribution is -2.49. The number of furan rings is 1. The molecule has 0 saturated carbocycles. The maximum atomic E-state index is 13.7. The van der Waals surface area contributed by atoms with E-state index in [0.29, 0.717) is 17.1 Å². The molecule has 0 unspecified atom stereocenters. The van der Waals surface area contributed by atoms with Gasteiger partial charge in [0.05, 0.1) is 0 Å². The van der Waals surface area contributed by atoms with E-state index in [-0.39, 0.29) is 24.8 Å². The van der Waals surface area contributed by atoms with Crippen molar-refractivity contribution in [2.75, 3.05) is 0 Å². The molecule has 0 aliphatic rings. The molecule has 37 heavy (non-hydrogen) atoms. The Labute approximate surface area is 214 Å². The van der Waals surface area contributed by atoms with Gasteiger partial charge in [0.25, 0.3) is 0 Å². The van der Waals surface area contributed by atoms with E-state index in [1.807, 2.05) is 51.1 Å². The van der Waals surface area contributed by atoms with Gasteiger partial charge < -0.3 is 14.6 Å². The fourth-order valence-electron chi connectivity index (χ4n) is 3.83. The van der Waals surface area contributed by atoms with Crippen LogP contribution in [0.15, 0.2) is 71.1 Å². The average Bonchev–Trinajstić information content (AvgIpc) is 3.48. The van der Waals surface area contributed by atoms with Crippen LogP contribution in [0.5, 0.6) is 0 Å². The van der Waals surface area contributed by atoms with E-state index in [1.165, 1.54) is 29.2 Å². The van der Waals surface area contributed by atoms with Crippen LogP contribution < -0.4 is 5.32 Å². The number of amides is 2. The maximum Gasteiger partial charge on any atom is 0.247 e. The van der Waals surface area contributed by atoms with Crippen molar-refractivity contribution in [3.05, 3.63) is 89.4 Å². The minimum Gasteiger partial charge on any atom is -0.458 e. The summed E-state index contributed by atoms with van der Waals surface area (Å²) in [4.78, 5) is 29.9.